The number of hydrogen-bond donors (Lipinski definition) is 1. The van der Waals surface area contributed by atoms with Gasteiger partial charge in [-0.25, -0.2) is 0 Å². The maximum atomic E-state index is 13.5. The largest absolute Gasteiger partial charge is 0.389 e. The first-order valence-corrected chi connectivity index (χ1v) is 10.3. The molecule has 3 atom stereocenters. The molecule has 1 saturated heterocycles. The van der Waals surface area contributed by atoms with Crippen LogP contribution in [0.15, 0.2) is 24.3 Å². The zero-order valence-electron chi connectivity index (χ0n) is 16.4. The molecule has 1 saturated carbocycles. The number of carbonyl (C=O) groups is 2. The molecule has 0 bridgehead atoms. The smallest absolute Gasteiger partial charge is 0.255 e. The van der Waals surface area contributed by atoms with E-state index >= 15 is 0 Å². The molecule has 2 heterocycles. The second-order valence-corrected chi connectivity index (χ2v) is 8.86. The molecule has 2 amide bonds. The number of fused-ring (bicyclic) bond motifs is 2. The number of amides is 2. The van der Waals surface area contributed by atoms with Crippen LogP contribution in [-0.4, -0.2) is 51.5 Å². The van der Waals surface area contributed by atoms with Gasteiger partial charge in [0.2, 0.25) is 5.91 Å². The van der Waals surface area contributed by atoms with Gasteiger partial charge in [0, 0.05) is 31.1 Å². The normalized spacial score (nSPS) is 28.9. The fourth-order valence-electron chi connectivity index (χ4n) is 5.24. The van der Waals surface area contributed by atoms with Crippen LogP contribution < -0.4 is 0 Å². The highest BCUT2D eigenvalue weighted by Gasteiger charge is 2.46. The van der Waals surface area contributed by atoms with E-state index in [1.165, 1.54) is 0 Å². The third-order valence-corrected chi connectivity index (χ3v) is 6.81. The molecule has 3 aliphatic rings. The van der Waals surface area contributed by atoms with E-state index in [0.29, 0.717) is 26.1 Å². The van der Waals surface area contributed by atoms with Gasteiger partial charge in [-0.15, -0.1) is 0 Å². The molecular weight excluding hydrogens is 340 g/mol. The Kier molecular flexibility index (Phi) is 4.75. The van der Waals surface area contributed by atoms with Crippen molar-refractivity contribution in [1.29, 1.82) is 0 Å². The van der Waals surface area contributed by atoms with Crippen molar-refractivity contribution >= 4 is 11.8 Å². The molecule has 1 aromatic carbocycles. The number of piperidine rings is 1. The third-order valence-electron chi connectivity index (χ3n) is 6.81. The summed E-state index contributed by atoms with van der Waals surface area (Å²) in [6.45, 7) is 5.74. The van der Waals surface area contributed by atoms with Crippen molar-refractivity contribution in [3.8, 4) is 0 Å². The van der Waals surface area contributed by atoms with E-state index in [-0.39, 0.29) is 23.7 Å². The van der Waals surface area contributed by atoms with Crippen LogP contribution in [0.3, 0.4) is 0 Å². The Morgan fingerprint density at radius 3 is 2.74 bits per heavy atom. The molecule has 0 spiro atoms. The van der Waals surface area contributed by atoms with Crippen molar-refractivity contribution in [2.75, 3.05) is 13.1 Å². The molecule has 2 fully saturated rings. The monoisotopic (exact) mass is 370 g/mol. The standard InChI is InChI=1S/C22H30N2O3/c1-15(2)19(24-13-16-7-3-4-9-18(16)20(24)25)21(26)23-12-11-22(27)10-6-5-8-17(22)14-23/h3-4,7,9,15,17,19,27H,5-6,8,10-14H2,1-2H3/t17-,19-,22-/m0/s1. The molecular formula is C22H30N2O3. The summed E-state index contributed by atoms with van der Waals surface area (Å²) < 4.78 is 0. The number of nitrogens with zero attached hydrogens (tertiary/aromatic N) is 2. The van der Waals surface area contributed by atoms with E-state index in [1.54, 1.807) is 4.90 Å². The molecule has 2 aliphatic heterocycles. The second-order valence-electron chi connectivity index (χ2n) is 8.86. The topological polar surface area (TPSA) is 60.9 Å². The Balaban J connectivity index is 1.53. The van der Waals surface area contributed by atoms with Gasteiger partial charge in [0.15, 0.2) is 0 Å². The first-order valence-electron chi connectivity index (χ1n) is 10.3. The van der Waals surface area contributed by atoms with E-state index in [1.807, 2.05) is 43.0 Å². The van der Waals surface area contributed by atoms with Crippen LogP contribution in [-0.2, 0) is 11.3 Å². The molecule has 0 aromatic heterocycles. The van der Waals surface area contributed by atoms with Gasteiger partial charge >= 0.3 is 0 Å². The summed E-state index contributed by atoms with van der Waals surface area (Å²) in [6.07, 6.45) is 4.70. The summed E-state index contributed by atoms with van der Waals surface area (Å²) in [5.41, 5.74) is 1.12. The summed E-state index contributed by atoms with van der Waals surface area (Å²) in [7, 11) is 0. The Morgan fingerprint density at radius 1 is 1.22 bits per heavy atom. The first kappa shape index (κ1) is 18.5. The van der Waals surface area contributed by atoms with Crippen molar-refractivity contribution < 1.29 is 14.7 Å². The Hall–Kier alpha value is -1.88. The molecule has 5 heteroatoms. The first-order chi connectivity index (χ1) is 12.9. The highest BCUT2D eigenvalue weighted by Crippen LogP contribution is 2.40. The van der Waals surface area contributed by atoms with E-state index < -0.39 is 11.6 Å². The predicted molar refractivity (Wildman–Crippen MR) is 103 cm³/mol. The van der Waals surface area contributed by atoms with Crippen molar-refractivity contribution in [3.05, 3.63) is 35.4 Å². The van der Waals surface area contributed by atoms with Crippen molar-refractivity contribution in [1.82, 2.24) is 9.80 Å². The lowest BCUT2D eigenvalue weighted by molar-refractivity contribution is -0.149. The average Bonchev–Trinajstić information content (AvgIpc) is 2.97. The third kappa shape index (κ3) is 3.16. The fourth-order valence-corrected chi connectivity index (χ4v) is 5.24. The predicted octanol–water partition coefficient (Wildman–Crippen LogP) is 2.82. The van der Waals surface area contributed by atoms with Crippen molar-refractivity contribution in [2.24, 2.45) is 11.8 Å². The number of carbonyl (C=O) groups excluding carboxylic acids is 2. The van der Waals surface area contributed by atoms with Crippen LogP contribution in [0.2, 0.25) is 0 Å². The van der Waals surface area contributed by atoms with Gasteiger partial charge in [0.05, 0.1) is 5.60 Å². The van der Waals surface area contributed by atoms with Gasteiger partial charge in [-0.1, -0.05) is 44.9 Å². The Bertz CT molecular complexity index is 747. The summed E-state index contributed by atoms with van der Waals surface area (Å²) >= 11 is 0. The maximum absolute atomic E-state index is 13.5. The average molecular weight is 370 g/mol. The van der Waals surface area contributed by atoms with E-state index in [2.05, 4.69) is 0 Å². The van der Waals surface area contributed by atoms with Crippen LogP contribution in [0.25, 0.3) is 0 Å². The number of benzene rings is 1. The summed E-state index contributed by atoms with van der Waals surface area (Å²) in [5.74, 6) is 0.216. The molecule has 5 nitrogen and oxygen atoms in total. The molecule has 27 heavy (non-hydrogen) atoms. The van der Waals surface area contributed by atoms with Gasteiger partial charge < -0.3 is 14.9 Å². The van der Waals surface area contributed by atoms with Gasteiger partial charge in [-0.2, -0.15) is 0 Å². The van der Waals surface area contributed by atoms with Crippen LogP contribution in [0.5, 0.6) is 0 Å². The lowest BCUT2D eigenvalue weighted by Crippen LogP contribution is -2.59. The molecule has 1 aromatic rings. The zero-order chi connectivity index (χ0) is 19.2. The molecule has 0 unspecified atom stereocenters. The number of hydrogen-bond acceptors (Lipinski definition) is 3. The molecule has 1 N–H and O–H groups in total. The summed E-state index contributed by atoms with van der Waals surface area (Å²) in [5, 5.41) is 10.9. The van der Waals surface area contributed by atoms with Gasteiger partial charge in [-0.3, -0.25) is 9.59 Å². The van der Waals surface area contributed by atoms with Gasteiger partial charge in [-0.05, 0) is 36.8 Å². The minimum Gasteiger partial charge on any atom is -0.389 e. The maximum Gasteiger partial charge on any atom is 0.255 e. The lowest BCUT2D eigenvalue weighted by atomic mass is 9.71. The quantitative estimate of drug-likeness (QED) is 0.890. The molecule has 146 valence electrons. The highest BCUT2D eigenvalue weighted by molar-refractivity contribution is 6.01. The number of aliphatic hydroxyl groups is 1. The molecule has 1 aliphatic carbocycles. The number of likely N-dealkylation sites (tertiary alicyclic amines) is 1. The van der Waals surface area contributed by atoms with Gasteiger partial charge in [0.1, 0.15) is 6.04 Å². The Morgan fingerprint density at radius 2 is 2.00 bits per heavy atom. The minimum absolute atomic E-state index is 0.0381. The lowest BCUT2D eigenvalue weighted by Gasteiger charge is -2.48. The minimum atomic E-state index is -0.595. The van der Waals surface area contributed by atoms with Crippen molar-refractivity contribution in [2.45, 2.75) is 64.1 Å². The van der Waals surface area contributed by atoms with E-state index in [9.17, 15) is 14.7 Å². The SMILES string of the molecule is CC(C)[C@@H](C(=O)N1CC[C@@]2(O)CCCC[C@H]2C1)N1Cc2ccccc2C1=O. The van der Waals surface area contributed by atoms with E-state index in [4.69, 9.17) is 0 Å². The Labute approximate surface area is 161 Å². The molecule has 0 radical (unpaired) electrons. The zero-order valence-corrected chi connectivity index (χ0v) is 16.4. The number of rotatable bonds is 3. The van der Waals surface area contributed by atoms with Crippen molar-refractivity contribution in [3.63, 3.8) is 0 Å². The van der Waals surface area contributed by atoms with Crippen LogP contribution in [0.4, 0.5) is 0 Å². The fraction of sp³-hybridized carbons (Fsp3) is 0.636. The highest BCUT2D eigenvalue weighted by atomic mass is 16.3. The molecule has 4 rings (SSSR count). The van der Waals surface area contributed by atoms with Crippen LogP contribution in [0, 0.1) is 11.8 Å². The summed E-state index contributed by atoms with van der Waals surface area (Å²) in [6, 6.07) is 7.19. The van der Waals surface area contributed by atoms with Crippen LogP contribution in [0.1, 0.15) is 61.9 Å². The van der Waals surface area contributed by atoms with Crippen LogP contribution >= 0.6 is 0 Å². The second kappa shape index (κ2) is 6.93. The summed E-state index contributed by atoms with van der Waals surface area (Å²) in [4.78, 5) is 30.0. The van der Waals surface area contributed by atoms with Gasteiger partial charge in [0.25, 0.3) is 5.91 Å². The van der Waals surface area contributed by atoms with E-state index in [0.717, 1.165) is 36.8 Å².